The number of benzene rings is 1. The molecule has 98 valence electrons. The van der Waals surface area contributed by atoms with Crippen LogP contribution in [0.5, 0.6) is 0 Å². The lowest BCUT2D eigenvalue weighted by Crippen LogP contribution is -2.46. The molecule has 1 rings (SSSR count). The summed E-state index contributed by atoms with van der Waals surface area (Å²) < 4.78 is 0. The van der Waals surface area contributed by atoms with E-state index in [0.717, 1.165) is 5.56 Å². The van der Waals surface area contributed by atoms with E-state index in [9.17, 15) is 9.59 Å². The molecule has 4 nitrogen and oxygen atoms in total. The zero-order valence-corrected chi connectivity index (χ0v) is 11.1. The SMILES string of the molecule is CC(C)(C)NC(=O)CNC(=O)Cc1ccccc1. The molecule has 0 atom stereocenters. The standard InChI is InChI=1S/C14H20N2O2/c1-14(2,3)16-13(18)10-15-12(17)9-11-7-5-4-6-8-11/h4-8H,9-10H2,1-3H3,(H,15,17)(H,16,18). The van der Waals surface area contributed by atoms with E-state index in [2.05, 4.69) is 10.6 Å². The van der Waals surface area contributed by atoms with Gasteiger partial charge in [-0.05, 0) is 26.3 Å². The zero-order chi connectivity index (χ0) is 13.6. The third-order valence-electron chi connectivity index (χ3n) is 2.17. The Morgan fingerprint density at radius 2 is 1.67 bits per heavy atom. The largest absolute Gasteiger partial charge is 0.350 e. The molecule has 0 saturated carbocycles. The average molecular weight is 248 g/mol. The Kier molecular flexibility index (Phi) is 4.89. The lowest BCUT2D eigenvalue weighted by Gasteiger charge is -2.20. The minimum absolute atomic E-state index is 0.0168. The summed E-state index contributed by atoms with van der Waals surface area (Å²) in [6.45, 7) is 5.72. The molecule has 0 aliphatic rings. The number of rotatable bonds is 4. The Labute approximate surface area is 108 Å². The highest BCUT2D eigenvalue weighted by atomic mass is 16.2. The maximum absolute atomic E-state index is 11.6. The van der Waals surface area contributed by atoms with Crippen molar-refractivity contribution in [3.05, 3.63) is 35.9 Å². The van der Waals surface area contributed by atoms with Gasteiger partial charge in [0, 0.05) is 5.54 Å². The zero-order valence-electron chi connectivity index (χ0n) is 11.1. The van der Waals surface area contributed by atoms with Gasteiger partial charge in [-0.2, -0.15) is 0 Å². The molecule has 0 fully saturated rings. The van der Waals surface area contributed by atoms with Crippen LogP contribution in [0.2, 0.25) is 0 Å². The Morgan fingerprint density at radius 3 is 2.22 bits per heavy atom. The maximum atomic E-state index is 11.6. The van der Waals surface area contributed by atoms with Crippen molar-refractivity contribution in [3.8, 4) is 0 Å². The first-order chi connectivity index (χ1) is 8.37. The van der Waals surface area contributed by atoms with E-state index >= 15 is 0 Å². The molecule has 0 aliphatic heterocycles. The fraction of sp³-hybridized carbons (Fsp3) is 0.429. The third-order valence-corrected chi connectivity index (χ3v) is 2.17. The van der Waals surface area contributed by atoms with Gasteiger partial charge in [0.25, 0.3) is 0 Å². The second-order valence-electron chi connectivity index (χ2n) is 5.24. The van der Waals surface area contributed by atoms with Crippen molar-refractivity contribution in [1.29, 1.82) is 0 Å². The molecule has 18 heavy (non-hydrogen) atoms. The van der Waals surface area contributed by atoms with Gasteiger partial charge in [0.2, 0.25) is 11.8 Å². The molecule has 2 N–H and O–H groups in total. The summed E-state index contributed by atoms with van der Waals surface area (Å²) in [4.78, 5) is 23.1. The van der Waals surface area contributed by atoms with Gasteiger partial charge in [-0.25, -0.2) is 0 Å². The van der Waals surface area contributed by atoms with Crippen LogP contribution in [0.15, 0.2) is 30.3 Å². The Balaban J connectivity index is 2.32. The summed E-state index contributed by atoms with van der Waals surface area (Å²) in [5, 5.41) is 5.39. The third kappa shape index (κ3) is 6.03. The molecular weight excluding hydrogens is 228 g/mol. The average Bonchev–Trinajstić information content (AvgIpc) is 2.25. The van der Waals surface area contributed by atoms with Crippen molar-refractivity contribution in [2.24, 2.45) is 0 Å². The van der Waals surface area contributed by atoms with Crippen LogP contribution < -0.4 is 10.6 Å². The van der Waals surface area contributed by atoms with E-state index < -0.39 is 0 Å². The lowest BCUT2D eigenvalue weighted by molar-refractivity contribution is -0.126. The van der Waals surface area contributed by atoms with Gasteiger partial charge in [-0.3, -0.25) is 9.59 Å². The molecule has 0 unspecified atom stereocenters. The highest BCUT2D eigenvalue weighted by Crippen LogP contribution is 1.99. The van der Waals surface area contributed by atoms with Crippen LogP contribution in [-0.4, -0.2) is 23.9 Å². The van der Waals surface area contributed by atoms with Crippen LogP contribution in [0, 0.1) is 0 Å². The Morgan fingerprint density at radius 1 is 1.06 bits per heavy atom. The summed E-state index contributed by atoms with van der Waals surface area (Å²) in [5.41, 5.74) is 0.660. The summed E-state index contributed by atoms with van der Waals surface area (Å²) in [6.07, 6.45) is 0.295. The number of hydrogen-bond donors (Lipinski definition) is 2. The Hall–Kier alpha value is -1.84. The molecule has 0 radical (unpaired) electrons. The van der Waals surface area contributed by atoms with E-state index in [1.165, 1.54) is 0 Å². The molecule has 0 bridgehead atoms. The first-order valence-electron chi connectivity index (χ1n) is 5.98. The van der Waals surface area contributed by atoms with Crippen molar-refractivity contribution in [3.63, 3.8) is 0 Å². The van der Waals surface area contributed by atoms with Gasteiger partial charge in [0.1, 0.15) is 0 Å². The molecule has 0 saturated heterocycles. The van der Waals surface area contributed by atoms with Crippen LogP contribution in [0.1, 0.15) is 26.3 Å². The van der Waals surface area contributed by atoms with Crippen molar-refractivity contribution >= 4 is 11.8 Å². The van der Waals surface area contributed by atoms with E-state index in [-0.39, 0.29) is 23.9 Å². The molecule has 1 aromatic rings. The second-order valence-corrected chi connectivity index (χ2v) is 5.24. The van der Waals surface area contributed by atoms with Crippen LogP contribution in [0.25, 0.3) is 0 Å². The number of hydrogen-bond acceptors (Lipinski definition) is 2. The van der Waals surface area contributed by atoms with Gasteiger partial charge in [0.15, 0.2) is 0 Å². The highest BCUT2D eigenvalue weighted by molar-refractivity contribution is 5.85. The monoisotopic (exact) mass is 248 g/mol. The van der Waals surface area contributed by atoms with Gasteiger partial charge in [-0.1, -0.05) is 30.3 Å². The van der Waals surface area contributed by atoms with E-state index in [1.807, 2.05) is 51.1 Å². The molecule has 0 heterocycles. The quantitative estimate of drug-likeness (QED) is 0.842. The molecule has 2 amide bonds. The number of carbonyl (C=O) groups is 2. The lowest BCUT2D eigenvalue weighted by atomic mass is 10.1. The molecule has 0 aliphatic carbocycles. The first kappa shape index (κ1) is 14.2. The van der Waals surface area contributed by atoms with Crippen LogP contribution in [0.3, 0.4) is 0 Å². The number of amides is 2. The van der Waals surface area contributed by atoms with Crippen molar-refractivity contribution < 1.29 is 9.59 Å². The fourth-order valence-electron chi connectivity index (χ4n) is 1.49. The minimum atomic E-state index is -0.277. The normalized spacial score (nSPS) is 10.8. The summed E-state index contributed by atoms with van der Waals surface area (Å²) in [6, 6.07) is 9.44. The molecule has 0 spiro atoms. The first-order valence-corrected chi connectivity index (χ1v) is 5.98. The summed E-state index contributed by atoms with van der Waals surface area (Å²) in [5.74, 6) is -0.325. The highest BCUT2D eigenvalue weighted by Gasteiger charge is 2.14. The molecular formula is C14H20N2O2. The minimum Gasteiger partial charge on any atom is -0.350 e. The number of nitrogens with one attached hydrogen (secondary N) is 2. The van der Waals surface area contributed by atoms with Crippen molar-refractivity contribution in [2.45, 2.75) is 32.7 Å². The van der Waals surface area contributed by atoms with Gasteiger partial charge >= 0.3 is 0 Å². The Bertz CT molecular complexity index is 408. The topological polar surface area (TPSA) is 58.2 Å². The van der Waals surface area contributed by atoms with Crippen LogP contribution >= 0.6 is 0 Å². The molecule has 4 heteroatoms. The van der Waals surface area contributed by atoms with Crippen molar-refractivity contribution in [1.82, 2.24) is 10.6 Å². The van der Waals surface area contributed by atoms with Crippen molar-refractivity contribution in [2.75, 3.05) is 6.54 Å². The van der Waals surface area contributed by atoms with Gasteiger partial charge in [0.05, 0.1) is 13.0 Å². The molecule has 1 aromatic carbocycles. The van der Waals surface area contributed by atoms with Gasteiger partial charge < -0.3 is 10.6 Å². The molecule has 0 aromatic heterocycles. The predicted molar refractivity (Wildman–Crippen MR) is 71.1 cm³/mol. The smallest absolute Gasteiger partial charge is 0.239 e. The van der Waals surface area contributed by atoms with E-state index in [4.69, 9.17) is 0 Å². The van der Waals surface area contributed by atoms with Gasteiger partial charge in [-0.15, -0.1) is 0 Å². The number of carbonyl (C=O) groups excluding carboxylic acids is 2. The maximum Gasteiger partial charge on any atom is 0.239 e. The summed E-state index contributed by atoms with van der Waals surface area (Å²) >= 11 is 0. The second kappa shape index (κ2) is 6.19. The van der Waals surface area contributed by atoms with E-state index in [1.54, 1.807) is 0 Å². The summed E-state index contributed by atoms with van der Waals surface area (Å²) in [7, 11) is 0. The predicted octanol–water partition coefficient (Wildman–Crippen LogP) is 1.26. The van der Waals surface area contributed by atoms with Crippen LogP contribution in [-0.2, 0) is 16.0 Å². The van der Waals surface area contributed by atoms with Crippen LogP contribution in [0.4, 0.5) is 0 Å². The van der Waals surface area contributed by atoms with E-state index in [0.29, 0.717) is 6.42 Å². The fourth-order valence-corrected chi connectivity index (χ4v) is 1.49.